The number of sulfone groups is 1. The third kappa shape index (κ3) is 2.44. The van der Waals surface area contributed by atoms with Gasteiger partial charge in [0.05, 0.1) is 4.90 Å². The van der Waals surface area contributed by atoms with Crippen LogP contribution in [0.5, 0.6) is 0 Å². The molecule has 0 aliphatic rings. The Hall–Kier alpha value is -0.870. The van der Waals surface area contributed by atoms with E-state index in [9.17, 15) is 13.2 Å². The third-order valence-electron chi connectivity index (χ3n) is 2.39. The number of benzene rings is 1. The highest BCUT2D eigenvalue weighted by Crippen LogP contribution is 2.25. The van der Waals surface area contributed by atoms with Crippen molar-refractivity contribution in [1.82, 2.24) is 0 Å². The molecule has 0 saturated heterocycles. The molecule has 0 fully saturated rings. The topological polar surface area (TPSA) is 51.2 Å². The Morgan fingerprint density at radius 3 is 2.31 bits per heavy atom. The van der Waals surface area contributed by atoms with Gasteiger partial charge in [0.15, 0.2) is 9.84 Å². The molecule has 0 aliphatic heterocycles. The van der Waals surface area contributed by atoms with Gasteiger partial charge < -0.3 is 0 Å². The summed E-state index contributed by atoms with van der Waals surface area (Å²) in [4.78, 5) is 11.4. The van der Waals surface area contributed by atoms with Gasteiger partial charge in [-0.2, -0.15) is 0 Å². The minimum atomic E-state index is -3.34. The van der Waals surface area contributed by atoms with E-state index >= 15 is 0 Å². The molecule has 1 aromatic rings. The maximum Gasteiger partial charge on any atom is 0.252 e. The van der Waals surface area contributed by atoms with Gasteiger partial charge in [-0.05, 0) is 42.1 Å². The highest BCUT2D eigenvalue weighted by atomic mass is 35.5. The summed E-state index contributed by atoms with van der Waals surface area (Å²) in [6.07, 6.45) is 1.59. The van der Waals surface area contributed by atoms with E-state index in [0.29, 0.717) is 17.5 Å². The first-order valence-corrected chi connectivity index (χ1v) is 7.08. The molecule has 1 aromatic carbocycles. The van der Waals surface area contributed by atoms with Gasteiger partial charge in [-0.25, -0.2) is 8.42 Å². The number of hydrogen-bond donors (Lipinski definition) is 0. The molecule has 3 nitrogen and oxygen atoms in total. The highest BCUT2D eigenvalue weighted by Gasteiger charge is 2.20. The van der Waals surface area contributed by atoms with E-state index in [1.165, 1.54) is 0 Å². The number of halogens is 1. The molecule has 88 valence electrons. The van der Waals surface area contributed by atoms with Gasteiger partial charge in [0.1, 0.15) is 0 Å². The average molecular weight is 261 g/mol. The predicted molar refractivity (Wildman–Crippen MR) is 63.9 cm³/mol. The minimum absolute atomic E-state index is 0.224. The van der Waals surface area contributed by atoms with E-state index < -0.39 is 15.1 Å². The summed E-state index contributed by atoms with van der Waals surface area (Å²) in [5, 5.41) is -0.623. The fraction of sp³-hybridized carbons (Fsp3) is 0.364. The molecule has 0 spiro atoms. The van der Waals surface area contributed by atoms with Crippen molar-refractivity contribution < 1.29 is 13.2 Å². The first kappa shape index (κ1) is 13.2. The standard InChI is InChI=1S/C11H13ClO3S/c1-4-8-9(11(12)13)6-5-7(2)10(8)16(3,14)15/h5-6H,4H2,1-3H3. The van der Waals surface area contributed by atoms with E-state index in [1.54, 1.807) is 26.0 Å². The minimum Gasteiger partial charge on any atom is -0.276 e. The Labute approximate surface area is 100 Å². The maximum absolute atomic E-state index is 11.7. The number of carbonyl (C=O) groups is 1. The smallest absolute Gasteiger partial charge is 0.252 e. The number of aryl methyl sites for hydroxylation is 1. The molecule has 0 N–H and O–H groups in total. The van der Waals surface area contributed by atoms with E-state index in [4.69, 9.17) is 11.6 Å². The molecule has 0 aliphatic carbocycles. The Morgan fingerprint density at radius 1 is 1.38 bits per heavy atom. The van der Waals surface area contributed by atoms with Crippen LogP contribution in [-0.4, -0.2) is 19.9 Å². The second-order valence-electron chi connectivity index (χ2n) is 3.64. The van der Waals surface area contributed by atoms with Gasteiger partial charge in [-0.15, -0.1) is 0 Å². The van der Waals surface area contributed by atoms with Crippen molar-refractivity contribution in [2.45, 2.75) is 25.2 Å². The van der Waals surface area contributed by atoms with Crippen LogP contribution in [0.25, 0.3) is 0 Å². The number of rotatable bonds is 3. The molecule has 0 radical (unpaired) electrons. The van der Waals surface area contributed by atoms with Crippen LogP contribution in [-0.2, 0) is 16.3 Å². The Morgan fingerprint density at radius 2 is 1.94 bits per heavy atom. The zero-order chi connectivity index (χ0) is 12.5. The van der Waals surface area contributed by atoms with Crippen molar-refractivity contribution in [1.29, 1.82) is 0 Å². The molecule has 0 atom stereocenters. The van der Waals surface area contributed by atoms with Crippen LogP contribution in [0, 0.1) is 6.92 Å². The van der Waals surface area contributed by atoms with Crippen LogP contribution < -0.4 is 0 Å². The van der Waals surface area contributed by atoms with Crippen LogP contribution in [0.4, 0.5) is 0 Å². The molecule has 16 heavy (non-hydrogen) atoms. The first-order valence-electron chi connectivity index (χ1n) is 4.81. The molecule has 0 unspecified atom stereocenters. The summed E-state index contributed by atoms with van der Waals surface area (Å²) >= 11 is 5.43. The fourth-order valence-electron chi connectivity index (χ4n) is 1.80. The summed E-state index contributed by atoms with van der Waals surface area (Å²) in [6.45, 7) is 3.50. The van der Waals surface area contributed by atoms with Crippen molar-refractivity contribution in [3.8, 4) is 0 Å². The monoisotopic (exact) mass is 260 g/mol. The van der Waals surface area contributed by atoms with Gasteiger partial charge in [-0.3, -0.25) is 4.79 Å². The summed E-state index contributed by atoms with van der Waals surface area (Å²) in [6, 6.07) is 3.17. The fourth-order valence-corrected chi connectivity index (χ4v) is 3.33. The predicted octanol–water partition coefficient (Wildman–Crippen LogP) is 2.34. The quantitative estimate of drug-likeness (QED) is 0.784. The van der Waals surface area contributed by atoms with Gasteiger partial charge >= 0.3 is 0 Å². The molecule has 0 saturated carbocycles. The largest absolute Gasteiger partial charge is 0.276 e. The van der Waals surface area contributed by atoms with Crippen LogP contribution in [0.1, 0.15) is 28.4 Å². The van der Waals surface area contributed by atoms with Crippen molar-refractivity contribution in [3.05, 3.63) is 28.8 Å². The van der Waals surface area contributed by atoms with Gasteiger partial charge in [-0.1, -0.05) is 13.0 Å². The molecule has 0 heterocycles. The van der Waals surface area contributed by atoms with Crippen molar-refractivity contribution >= 4 is 26.7 Å². The first-order chi connectivity index (χ1) is 7.29. The zero-order valence-electron chi connectivity index (χ0n) is 9.37. The van der Waals surface area contributed by atoms with Crippen LogP contribution in [0.3, 0.4) is 0 Å². The summed E-state index contributed by atoms with van der Waals surface area (Å²) in [7, 11) is -3.34. The molecule has 1 rings (SSSR count). The van der Waals surface area contributed by atoms with E-state index in [0.717, 1.165) is 6.26 Å². The van der Waals surface area contributed by atoms with Crippen molar-refractivity contribution in [2.75, 3.05) is 6.26 Å². The Bertz CT molecular complexity index is 532. The van der Waals surface area contributed by atoms with Gasteiger partial charge in [0.2, 0.25) is 0 Å². The molecule has 5 heteroatoms. The molecule has 0 bridgehead atoms. The van der Waals surface area contributed by atoms with Crippen LogP contribution >= 0.6 is 11.6 Å². The van der Waals surface area contributed by atoms with Crippen LogP contribution in [0.2, 0.25) is 0 Å². The van der Waals surface area contributed by atoms with Crippen molar-refractivity contribution in [3.63, 3.8) is 0 Å². The SMILES string of the molecule is CCc1c(C(=O)Cl)ccc(C)c1S(C)(=O)=O. The zero-order valence-corrected chi connectivity index (χ0v) is 10.9. The third-order valence-corrected chi connectivity index (χ3v) is 3.91. The lowest BCUT2D eigenvalue weighted by Gasteiger charge is -2.12. The van der Waals surface area contributed by atoms with E-state index in [-0.39, 0.29) is 10.5 Å². The summed E-state index contributed by atoms with van der Waals surface area (Å²) < 4.78 is 23.3. The average Bonchev–Trinajstić information content (AvgIpc) is 2.14. The molecular weight excluding hydrogens is 248 g/mol. The second kappa shape index (κ2) is 4.55. The lowest BCUT2D eigenvalue weighted by molar-refractivity contribution is 0.108. The van der Waals surface area contributed by atoms with E-state index in [1.807, 2.05) is 0 Å². The molecular formula is C11H13ClO3S. The number of carbonyl (C=O) groups excluding carboxylic acids is 1. The van der Waals surface area contributed by atoms with Gasteiger partial charge in [0.25, 0.3) is 5.24 Å². The normalized spacial score (nSPS) is 11.5. The molecule has 0 amide bonds. The lowest BCUT2D eigenvalue weighted by Crippen LogP contribution is -2.09. The second-order valence-corrected chi connectivity index (χ2v) is 5.93. The van der Waals surface area contributed by atoms with Crippen LogP contribution in [0.15, 0.2) is 17.0 Å². The van der Waals surface area contributed by atoms with Gasteiger partial charge in [0, 0.05) is 11.8 Å². The Balaban J connectivity index is 3.71. The number of hydrogen-bond acceptors (Lipinski definition) is 3. The van der Waals surface area contributed by atoms with Crippen molar-refractivity contribution in [2.24, 2.45) is 0 Å². The van der Waals surface area contributed by atoms with E-state index in [2.05, 4.69) is 0 Å². The Kier molecular flexibility index (Phi) is 3.76. The summed E-state index contributed by atoms with van der Waals surface area (Å²) in [5.74, 6) is 0. The maximum atomic E-state index is 11.7. The molecule has 0 aromatic heterocycles. The highest BCUT2D eigenvalue weighted by molar-refractivity contribution is 7.90. The lowest BCUT2D eigenvalue weighted by atomic mass is 10.0. The summed E-state index contributed by atoms with van der Waals surface area (Å²) in [5.41, 5.74) is 1.42.